The molecule has 0 aromatic heterocycles. The number of hydrogen-bond donors (Lipinski definition) is 2. The monoisotopic (exact) mass is 937 g/mol. The Morgan fingerprint density at radius 3 is 1.47 bits per heavy atom. The second kappa shape index (κ2) is 15.5. The fraction of sp³-hybridized carbons (Fsp3) is 0.679. The predicted octanol–water partition coefficient (Wildman–Crippen LogP) is 8.56. The molecule has 0 aromatic rings. The summed E-state index contributed by atoms with van der Waals surface area (Å²) in [6.07, 6.45) is 18.4. The van der Waals surface area contributed by atoms with Gasteiger partial charge in [-0.05, 0) is 121 Å². The van der Waals surface area contributed by atoms with Crippen molar-refractivity contribution in [3.05, 3.63) is 70.9 Å². The average Bonchev–Trinajstić information content (AvgIpc) is 3.98. The zero-order chi connectivity index (χ0) is 49.7. The van der Waals surface area contributed by atoms with Gasteiger partial charge in [0, 0.05) is 58.6 Å². The van der Waals surface area contributed by atoms with E-state index in [4.69, 9.17) is 18.9 Å². The van der Waals surface area contributed by atoms with Gasteiger partial charge in [-0.2, -0.15) is 0 Å². The molecule has 0 radical (unpaired) electrons. The molecule has 2 N–H and O–H groups in total. The van der Waals surface area contributed by atoms with Crippen molar-refractivity contribution in [3.63, 3.8) is 0 Å². The first-order chi connectivity index (χ1) is 31.5. The molecule has 6 unspecified atom stereocenters. The van der Waals surface area contributed by atoms with Crippen molar-refractivity contribution in [2.75, 3.05) is 0 Å². The van der Waals surface area contributed by atoms with Crippen LogP contribution in [0.25, 0.3) is 0 Å². The van der Waals surface area contributed by atoms with Crippen molar-refractivity contribution in [1.82, 2.24) is 0 Å². The topological polar surface area (TPSA) is 180 Å². The molecule has 12 heteroatoms. The molecular weight excluding hydrogens is 865 g/mol. The number of ketones is 2. The molecule has 68 heavy (non-hydrogen) atoms. The lowest BCUT2D eigenvalue weighted by atomic mass is 9.38. The molecule has 10 rings (SSSR count). The van der Waals surface area contributed by atoms with E-state index in [0.717, 1.165) is 25.7 Å². The highest BCUT2D eigenvalue weighted by atomic mass is 16.6. The molecule has 2 aliphatic heterocycles. The highest BCUT2D eigenvalue weighted by Gasteiger charge is 2.71. The number of aliphatic hydroxyl groups excluding tert-OH is 2. The van der Waals surface area contributed by atoms with Crippen LogP contribution in [-0.2, 0) is 47.7 Å². The first-order valence-electron chi connectivity index (χ1n) is 25.0. The van der Waals surface area contributed by atoms with Gasteiger partial charge in [0.15, 0.2) is 11.6 Å². The van der Waals surface area contributed by atoms with Gasteiger partial charge in [-0.3, -0.25) is 19.2 Å². The van der Waals surface area contributed by atoms with Crippen LogP contribution < -0.4 is 0 Å². The summed E-state index contributed by atoms with van der Waals surface area (Å²) < 4.78 is 22.2. The van der Waals surface area contributed by atoms with Crippen LogP contribution in [0.1, 0.15) is 134 Å². The Morgan fingerprint density at radius 1 is 0.632 bits per heavy atom. The summed E-state index contributed by atoms with van der Waals surface area (Å²) in [5, 5.41) is 20.3. The fourth-order valence-electron chi connectivity index (χ4n) is 17.6. The number of aliphatic hydroxyl groups is 2. The third-order valence-corrected chi connectivity index (χ3v) is 20.8. The third kappa shape index (κ3) is 6.56. The summed E-state index contributed by atoms with van der Waals surface area (Å²) in [6, 6.07) is 0. The van der Waals surface area contributed by atoms with E-state index < -0.39 is 46.2 Å². The molecular formula is C56H72O12. The Kier molecular flexibility index (Phi) is 11.1. The van der Waals surface area contributed by atoms with Gasteiger partial charge in [0.05, 0.1) is 0 Å². The van der Waals surface area contributed by atoms with Gasteiger partial charge >= 0.3 is 23.9 Å². The smallest absolute Gasteiger partial charge is 0.336 e. The Balaban J connectivity index is 0.000000170. The second-order valence-electron chi connectivity index (χ2n) is 24.6. The maximum Gasteiger partial charge on any atom is 0.336 e. The van der Waals surface area contributed by atoms with Crippen LogP contribution in [0, 0.1) is 78.8 Å². The molecule has 368 valence electrons. The number of carbonyl (C=O) groups excluding carboxylic acids is 6. The van der Waals surface area contributed by atoms with Gasteiger partial charge in [0.25, 0.3) is 0 Å². The molecule has 0 saturated heterocycles. The van der Waals surface area contributed by atoms with Crippen LogP contribution in [0.5, 0.6) is 0 Å². The number of fused-ring (bicyclic) bond motifs is 10. The third-order valence-electron chi connectivity index (χ3n) is 20.8. The Bertz CT molecular complexity index is 2470. The zero-order valence-electron chi connectivity index (χ0n) is 42.0. The minimum atomic E-state index is -1.20. The number of esters is 4. The summed E-state index contributed by atoms with van der Waals surface area (Å²) in [5.41, 5.74) is 0.758. The SMILES string of the molecule is CC(=O)O[C@@H]1CC2C(C)(C)C(=O)C=C[C@]2(C)C2CC[C@]3(C)C(=CC[C@H]3C3=CC(=O)OC3O)[C@@]21C.CC(=O)O[C@@H]1CC2C(C)(C)C(=O)C=C[C@]2(C)C2CC[C@]3(C)C(=CC[C@H]3C3=CC(O)OC3=O)[C@@]21C. The van der Waals surface area contributed by atoms with Crippen LogP contribution in [0.15, 0.2) is 70.9 Å². The van der Waals surface area contributed by atoms with E-state index in [1.807, 2.05) is 27.7 Å². The number of carbonyl (C=O) groups is 6. The van der Waals surface area contributed by atoms with Crippen LogP contribution in [0.2, 0.25) is 0 Å². The molecule has 4 fully saturated rings. The minimum Gasteiger partial charge on any atom is -0.462 e. The molecule has 12 nitrogen and oxygen atoms in total. The van der Waals surface area contributed by atoms with Crippen molar-refractivity contribution in [3.8, 4) is 0 Å². The second-order valence-corrected chi connectivity index (χ2v) is 24.6. The highest BCUT2D eigenvalue weighted by Crippen LogP contribution is 2.74. The van der Waals surface area contributed by atoms with Gasteiger partial charge in [-0.25, -0.2) is 9.59 Å². The maximum atomic E-state index is 12.9. The van der Waals surface area contributed by atoms with Crippen molar-refractivity contribution < 1.29 is 57.9 Å². The summed E-state index contributed by atoms with van der Waals surface area (Å²) in [7, 11) is 0. The number of allylic oxidation sites excluding steroid dienone is 6. The zero-order valence-corrected chi connectivity index (χ0v) is 42.0. The van der Waals surface area contributed by atoms with Gasteiger partial charge in [-0.15, -0.1) is 0 Å². The van der Waals surface area contributed by atoms with E-state index in [1.54, 1.807) is 18.2 Å². The summed E-state index contributed by atoms with van der Waals surface area (Å²) in [5.74, 6) is -0.913. The molecule has 8 aliphatic carbocycles. The Hall–Kier alpha value is -4.42. The van der Waals surface area contributed by atoms with Gasteiger partial charge < -0.3 is 29.2 Å². The van der Waals surface area contributed by atoms with Crippen LogP contribution in [-0.4, -0.2) is 70.4 Å². The summed E-state index contributed by atoms with van der Waals surface area (Å²) in [6.45, 7) is 24.5. The Labute approximate surface area is 401 Å². The van der Waals surface area contributed by atoms with Crippen molar-refractivity contribution >= 4 is 35.4 Å². The van der Waals surface area contributed by atoms with E-state index in [1.165, 1.54) is 31.1 Å². The van der Waals surface area contributed by atoms with Crippen LogP contribution in [0.3, 0.4) is 0 Å². The first kappa shape index (κ1) is 48.6. The van der Waals surface area contributed by atoms with E-state index >= 15 is 0 Å². The summed E-state index contributed by atoms with van der Waals surface area (Å²) >= 11 is 0. The standard InChI is InChI=1S/2C28H36O6/c2*1-15(29)33-22-14-20-25(2,3)21(30)10-12-27(20,5)19-9-11-26(4)17(7-8-18(26)28(19,22)6)16-13-23(31)34-24(16)32/h8,10,12-13,17,19-20,22,24,32H,7,9,11,14H2,1-6H3;8,10,12-13,17,19-20,22-23,31H,7,9,11,14H2,1-6H3/t17-,19?,20?,22+,24?,26-,27+,28-;17-,19?,20?,22+,23?,26-,27+,28-/m00/s1. The largest absolute Gasteiger partial charge is 0.462 e. The number of cyclic esters (lactones) is 2. The van der Waals surface area contributed by atoms with Crippen molar-refractivity contribution in [2.45, 2.75) is 159 Å². The van der Waals surface area contributed by atoms with Gasteiger partial charge in [0.1, 0.15) is 12.2 Å². The molecule has 4 saturated carbocycles. The van der Waals surface area contributed by atoms with Crippen LogP contribution in [0.4, 0.5) is 0 Å². The molecule has 16 atom stereocenters. The molecule has 0 spiro atoms. The predicted molar refractivity (Wildman–Crippen MR) is 250 cm³/mol. The van der Waals surface area contributed by atoms with Crippen LogP contribution >= 0.6 is 0 Å². The molecule has 10 aliphatic rings. The van der Waals surface area contributed by atoms with E-state index in [-0.39, 0.29) is 92.9 Å². The van der Waals surface area contributed by atoms with Gasteiger partial charge in [0.2, 0.25) is 12.6 Å². The summed E-state index contributed by atoms with van der Waals surface area (Å²) in [4.78, 5) is 74.8. The van der Waals surface area contributed by atoms with Gasteiger partial charge in [-0.1, -0.05) is 105 Å². The lowest BCUT2D eigenvalue weighted by Gasteiger charge is -2.66. The number of ether oxygens (including phenoxy) is 4. The first-order valence-corrected chi connectivity index (χ1v) is 25.0. The maximum absolute atomic E-state index is 12.9. The van der Waals surface area contributed by atoms with E-state index in [9.17, 15) is 39.0 Å². The lowest BCUT2D eigenvalue weighted by Crippen LogP contribution is -2.64. The quantitative estimate of drug-likeness (QED) is 0.156. The average molecular weight is 937 g/mol. The van der Waals surface area contributed by atoms with E-state index in [0.29, 0.717) is 36.8 Å². The number of hydrogen-bond acceptors (Lipinski definition) is 12. The fourth-order valence-corrected chi connectivity index (χ4v) is 17.6. The highest BCUT2D eigenvalue weighted by molar-refractivity contribution is 5.96. The van der Waals surface area contributed by atoms with E-state index in [2.05, 4.69) is 65.8 Å². The van der Waals surface area contributed by atoms with Crippen molar-refractivity contribution in [1.29, 1.82) is 0 Å². The molecule has 2 heterocycles. The molecule has 0 amide bonds. The molecule has 0 bridgehead atoms. The lowest BCUT2D eigenvalue weighted by molar-refractivity contribution is -0.188. The Morgan fingerprint density at radius 2 is 1.07 bits per heavy atom. The minimum absolute atomic E-state index is 0.0369. The van der Waals surface area contributed by atoms with Crippen molar-refractivity contribution in [2.24, 2.45) is 78.8 Å². The normalized spacial score (nSPS) is 46.6. The molecule has 0 aromatic carbocycles. The number of rotatable bonds is 4.